The number of nitrogens with one attached hydrogen (secondary N) is 2. The number of nitrogens with zero attached hydrogens (tertiary/aromatic N) is 1. The first-order valence-corrected chi connectivity index (χ1v) is 5.37. The standard InChI is InChI=1S/C11H21N3O/c1-9(15)6-11(2,3)8-12-7-10-4-5-13-14-10/h4-5,9,12,15H,6-8H2,1-3H3,(H,13,14). The lowest BCUT2D eigenvalue weighted by molar-refractivity contribution is 0.128. The van der Waals surface area contributed by atoms with Gasteiger partial charge in [-0.2, -0.15) is 5.10 Å². The van der Waals surface area contributed by atoms with Gasteiger partial charge in [0.15, 0.2) is 0 Å². The van der Waals surface area contributed by atoms with Crippen LogP contribution in [-0.2, 0) is 6.54 Å². The number of hydrogen-bond acceptors (Lipinski definition) is 3. The molecule has 15 heavy (non-hydrogen) atoms. The molecule has 0 amide bonds. The van der Waals surface area contributed by atoms with Crippen LogP contribution < -0.4 is 5.32 Å². The quantitative estimate of drug-likeness (QED) is 0.664. The number of H-pyrrole nitrogens is 1. The van der Waals surface area contributed by atoms with Crippen molar-refractivity contribution in [2.75, 3.05) is 6.54 Å². The number of hydrogen-bond donors (Lipinski definition) is 3. The van der Waals surface area contributed by atoms with E-state index in [-0.39, 0.29) is 11.5 Å². The fourth-order valence-electron chi connectivity index (χ4n) is 1.79. The summed E-state index contributed by atoms with van der Waals surface area (Å²) >= 11 is 0. The van der Waals surface area contributed by atoms with E-state index in [2.05, 4.69) is 29.4 Å². The van der Waals surface area contributed by atoms with E-state index in [1.54, 1.807) is 6.20 Å². The molecule has 4 nitrogen and oxygen atoms in total. The van der Waals surface area contributed by atoms with Crippen LogP contribution in [0.25, 0.3) is 0 Å². The minimum atomic E-state index is -0.242. The molecule has 3 N–H and O–H groups in total. The van der Waals surface area contributed by atoms with E-state index >= 15 is 0 Å². The lowest BCUT2D eigenvalue weighted by Gasteiger charge is -2.26. The predicted molar refractivity (Wildman–Crippen MR) is 60.4 cm³/mol. The second kappa shape index (κ2) is 5.28. The van der Waals surface area contributed by atoms with Gasteiger partial charge in [-0.1, -0.05) is 13.8 Å². The average molecular weight is 211 g/mol. The van der Waals surface area contributed by atoms with Crippen LogP contribution in [0.3, 0.4) is 0 Å². The largest absolute Gasteiger partial charge is 0.393 e. The van der Waals surface area contributed by atoms with Crippen LogP contribution in [0.5, 0.6) is 0 Å². The molecule has 1 rings (SSSR count). The summed E-state index contributed by atoms with van der Waals surface area (Å²) in [6, 6.07) is 1.95. The van der Waals surface area contributed by atoms with Gasteiger partial charge >= 0.3 is 0 Å². The van der Waals surface area contributed by atoms with E-state index in [4.69, 9.17) is 0 Å². The van der Waals surface area contributed by atoms with Crippen molar-refractivity contribution in [3.63, 3.8) is 0 Å². The fraction of sp³-hybridized carbons (Fsp3) is 0.727. The second-order valence-electron chi connectivity index (χ2n) is 4.90. The Hall–Kier alpha value is -0.870. The molecule has 1 aromatic rings. The van der Waals surface area contributed by atoms with Crippen molar-refractivity contribution in [2.24, 2.45) is 5.41 Å². The highest BCUT2D eigenvalue weighted by atomic mass is 16.3. The van der Waals surface area contributed by atoms with Crippen LogP contribution in [0.2, 0.25) is 0 Å². The Morgan fingerprint density at radius 1 is 1.60 bits per heavy atom. The van der Waals surface area contributed by atoms with E-state index in [1.807, 2.05) is 13.0 Å². The molecule has 0 bridgehead atoms. The summed E-state index contributed by atoms with van der Waals surface area (Å²) < 4.78 is 0. The zero-order valence-corrected chi connectivity index (χ0v) is 9.75. The molecule has 0 aliphatic rings. The third kappa shape index (κ3) is 4.95. The SMILES string of the molecule is CC(O)CC(C)(C)CNCc1ccn[nH]1. The molecule has 86 valence electrons. The summed E-state index contributed by atoms with van der Waals surface area (Å²) in [5.74, 6) is 0. The lowest BCUT2D eigenvalue weighted by Crippen LogP contribution is -2.31. The van der Waals surface area contributed by atoms with Crippen molar-refractivity contribution in [1.29, 1.82) is 0 Å². The molecule has 4 heteroatoms. The van der Waals surface area contributed by atoms with Gasteiger partial charge in [0.1, 0.15) is 0 Å². The minimum absolute atomic E-state index is 0.119. The summed E-state index contributed by atoms with van der Waals surface area (Å²) in [5, 5.41) is 19.5. The molecule has 0 spiro atoms. The summed E-state index contributed by atoms with van der Waals surface area (Å²) in [7, 11) is 0. The second-order valence-corrected chi connectivity index (χ2v) is 4.90. The maximum absolute atomic E-state index is 9.33. The molecular weight excluding hydrogens is 190 g/mol. The molecule has 1 unspecified atom stereocenters. The van der Waals surface area contributed by atoms with Crippen LogP contribution in [0.4, 0.5) is 0 Å². The van der Waals surface area contributed by atoms with Gasteiger partial charge in [0.05, 0.1) is 6.10 Å². The maximum Gasteiger partial charge on any atom is 0.0517 e. The van der Waals surface area contributed by atoms with Gasteiger partial charge < -0.3 is 10.4 Å². The third-order valence-corrected chi connectivity index (χ3v) is 2.33. The predicted octanol–water partition coefficient (Wildman–Crippen LogP) is 1.30. The van der Waals surface area contributed by atoms with Crippen molar-refractivity contribution in [2.45, 2.75) is 39.8 Å². The van der Waals surface area contributed by atoms with Crippen LogP contribution in [-0.4, -0.2) is 28.0 Å². The molecule has 1 aromatic heterocycles. The van der Waals surface area contributed by atoms with Crippen molar-refractivity contribution in [3.8, 4) is 0 Å². The Morgan fingerprint density at radius 2 is 2.33 bits per heavy atom. The number of aromatic nitrogens is 2. The third-order valence-electron chi connectivity index (χ3n) is 2.33. The molecule has 0 aliphatic heterocycles. The molecule has 0 fully saturated rings. The first-order chi connectivity index (χ1) is 6.99. The molecule has 1 atom stereocenters. The monoisotopic (exact) mass is 211 g/mol. The number of rotatable bonds is 6. The molecule has 0 saturated carbocycles. The van der Waals surface area contributed by atoms with Crippen molar-refractivity contribution < 1.29 is 5.11 Å². The Labute approximate surface area is 91.1 Å². The van der Waals surface area contributed by atoms with E-state index in [9.17, 15) is 5.11 Å². The molecule has 0 aromatic carbocycles. The number of aromatic amines is 1. The molecule has 0 saturated heterocycles. The molecular formula is C11H21N3O. The van der Waals surface area contributed by atoms with Crippen molar-refractivity contribution in [1.82, 2.24) is 15.5 Å². The van der Waals surface area contributed by atoms with Gasteiger partial charge in [-0.3, -0.25) is 5.10 Å². The van der Waals surface area contributed by atoms with Gasteiger partial charge in [-0.25, -0.2) is 0 Å². The van der Waals surface area contributed by atoms with E-state index in [0.717, 1.165) is 25.2 Å². The maximum atomic E-state index is 9.33. The normalized spacial score (nSPS) is 14.1. The zero-order valence-electron chi connectivity index (χ0n) is 9.75. The van der Waals surface area contributed by atoms with Crippen LogP contribution in [0, 0.1) is 5.41 Å². The molecule has 0 radical (unpaired) electrons. The van der Waals surface area contributed by atoms with Gasteiger partial charge in [0.25, 0.3) is 0 Å². The van der Waals surface area contributed by atoms with E-state index in [1.165, 1.54) is 0 Å². The van der Waals surface area contributed by atoms with Gasteiger partial charge in [0, 0.05) is 25.0 Å². The molecule has 1 heterocycles. The van der Waals surface area contributed by atoms with Crippen LogP contribution in [0.15, 0.2) is 12.3 Å². The van der Waals surface area contributed by atoms with Crippen molar-refractivity contribution >= 4 is 0 Å². The summed E-state index contributed by atoms with van der Waals surface area (Å²) in [5.41, 5.74) is 1.21. The van der Waals surface area contributed by atoms with E-state index in [0.29, 0.717) is 0 Å². The fourth-order valence-corrected chi connectivity index (χ4v) is 1.79. The van der Waals surface area contributed by atoms with Crippen molar-refractivity contribution in [3.05, 3.63) is 18.0 Å². The van der Waals surface area contributed by atoms with Crippen LogP contribution in [0.1, 0.15) is 32.9 Å². The van der Waals surface area contributed by atoms with Gasteiger partial charge in [-0.05, 0) is 24.8 Å². The highest BCUT2D eigenvalue weighted by molar-refractivity contribution is 4.96. The molecule has 0 aliphatic carbocycles. The van der Waals surface area contributed by atoms with Crippen LogP contribution >= 0.6 is 0 Å². The van der Waals surface area contributed by atoms with Gasteiger partial charge in [-0.15, -0.1) is 0 Å². The Bertz CT molecular complexity index is 267. The summed E-state index contributed by atoms with van der Waals surface area (Å²) in [6.07, 6.45) is 2.31. The Morgan fingerprint density at radius 3 is 2.87 bits per heavy atom. The zero-order chi connectivity index (χ0) is 11.3. The van der Waals surface area contributed by atoms with E-state index < -0.39 is 0 Å². The van der Waals surface area contributed by atoms with Gasteiger partial charge in [0.2, 0.25) is 0 Å². The highest BCUT2D eigenvalue weighted by Crippen LogP contribution is 2.21. The average Bonchev–Trinajstić information content (AvgIpc) is 2.53. The summed E-state index contributed by atoms with van der Waals surface area (Å²) in [4.78, 5) is 0. The first kappa shape index (κ1) is 12.2. The Balaban J connectivity index is 2.24. The summed E-state index contributed by atoms with van der Waals surface area (Å²) in [6.45, 7) is 7.82. The highest BCUT2D eigenvalue weighted by Gasteiger charge is 2.19. The smallest absolute Gasteiger partial charge is 0.0517 e. The topological polar surface area (TPSA) is 60.9 Å². The number of aliphatic hydroxyl groups excluding tert-OH is 1. The minimum Gasteiger partial charge on any atom is -0.393 e. The lowest BCUT2D eigenvalue weighted by atomic mass is 9.87. The first-order valence-electron chi connectivity index (χ1n) is 5.37. The Kier molecular flexibility index (Phi) is 4.29. The number of aliphatic hydroxyl groups is 1.